The highest BCUT2D eigenvalue weighted by molar-refractivity contribution is 6.12. The smallest absolute Gasteiger partial charge is 0.261 e. The number of aryl methyl sites for hydroxylation is 1. The van der Waals surface area contributed by atoms with Crippen LogP contribution < -0.4 is 15.4 Å². The Balaban J connectivity index is 1.67. The van der Waals surface area contributed by atoms with E-state index in [1.54, 1.807) is 36.1 Å². The molecule has 2 aromatic carbocycles. The van der Waals surface area contributed by atoms with Crippen LogP contribution in [0.15, 0.2) is 59.4 Å². The van der Waals surface area contributed by atoms with E-state index in [-0.39, 0.29) is 24.0 Å². The van der Waals surface area contributed by atoms with Gasteiger partial charge in [-0.25, -0.2) is 4.39 Å². The fraction of sp³-hybridized carbons (Fsp3) is 0.217. The van der Waals surface area contributed by atoms with Gasteiger partial charge >= 0.3 is 0 Å². The normalized spacial score (nSPS) is 16.1. The Labute approximate surface area is 167 Å². The number of nitrogens with one attached hydrogen (secondary N) is 1. The molecule has 1 aliphatic carbocycles. The third-order valence-corrected chi connectivity index (χ3v) is 5.63. The highest BCUT2D eigenvalue weighted by Gasteiger charge is 2.35. The molecule has 5 nitrogen and oxygen atoms in total. The van der Waals surface area contributed by atoms with Gasteiger partial charge in [0.25, 0.3) is 5.91 Å². The standard InChI is InChI=1S/C23H20FN3O2/c1-14-19(10-11-22(28)25-14)27-13-26(20-5-3-2-4-17(20)23(27)29)21-9-8-16(24)12-18(21)15-6-7-15/h2-5,8-12,15H,6-7,13H2,1H3,(H,25,28). The Morgan fingerprint density at radius 1 is 0.931 bits per heavy atom. The van der Waals surface area contributed by atoms with Gasteiger partial charge < -0.3 is 9.88 Å². The second-order valence-electron chi connectivity index (χ2n) is 7.63. The highest BCUT2D eigenvalue weighted by Crippen LogP contribution is 2.47. The zero-order chi connectivity index (χ0) is 20.1. The molecule has 5 rings (SSSR count). The van der Waals surface area contributed by atoms with Crippen molar-refractivity contribution >= 4 is 23.0 Å². The minimum absolute atomic E-state index is 0.123. The number of carbonyl (C=O) groups excluding carboxylic acids is 1. The molecule has 0 atom stereocenters. The number of hydrogen-bond donors (Lipinski definition) is 1. The van der Waals surface area contributed by atoms with Gasteiger partial charge in [0.15, 0.2) is 0 Å². The number of benzene rings is 2. The van der Waals surface area contributed by atoms with E-state index in [4.69, 9.17) is 0 Å². The lowest BCUT2D eigenvalue weighted by Gasteiger charge is -2.39. The van der Waals surface area contributed by atoms with E-state index >= 15 is 0 Å². The van der Waals surface area contributed by atoms with Crippen LogP contribution in [0.5, 0.6) is 0 Å². The molecule has 0 saturated heterocycles. The summed E-state index contributed by atoms with van der Waals surface area (Å²) in [5.74, 6) is -0.0128. The van der Waals surface area contributed by atoms with Crippen LogP contribution >= 0.6 is 0 Å². The summed E-state index contributed by atoms with van der Waals surface area (Å²) in [6.07, 6.45) is 2.10. The molecule has 0 radical (unpaired) electrons. The number of aromatic amines is 1. The van der Waals surface area contributed by atoms with Crippen molar-refractivity contribution in [1.29, 1.82) is 0 Å². The molecular formula is C23H20FN3O2. The first-order valence-electron chi connectivity index (χ1n) is 9.71. The molecule has 29 heavy (non-hydrogen) atoms. The summed E-state index contributed by atoms with van der Waals surface area (Å²) in [6.45, 7) is 2.07. The first-order chi connectivity index (χ1) is 14.0. The van der Waals surface area contributed by atoms with Gasteiger partial charge in [-0.1, -0.05) is 12.1 Å². The molecule has 1 N–H and O–H groups in total. The van der Waals surface area contributed by atoms with Crippen LogP contribution in [-0.4, -0.2) is 17.6 Å². The van der Waals surface area contributed by atoms with Crippen LogP contribution in [0.1, 0.15) is 40.4 Å². The number of aromatic nitrogens is 1. The van der Waals surface area contributed by atoms with E-state index in [2.05, 4.69) is 9.88 Å². The molecule has 0 unspecified atom stereocenters. The third-order valence-electron chi connectivity index (χ3n) is 5.63. The molecule has 0 bridgehead atoms. The van der Waals surface area contributed by atoms with E-state index in [1.807, 2.05) is 18.2 Å². The van der Waals surface area contributed by atoms with Gasteiger partial charge in [-0.05, 0) is 67.6 Å². The molecule has 1 amide bonds. The van der Waals surface area contributed by atoms with E-state index < -0.39 is 0 Å². The molecule has 1 aliphatic heterocycles. The van der Waals surface area contributed by atoms with Gasteiger partial charge in [-0.3, -0.25) is 14.5 Å². The largest absolute Gasteiger partial charge is 0.324 e. The Kier molecular flexibility index (Phi) is 4.01. The molecular weight excluding hydrogens is 369 g/mol. The number of halogens is 1. The molecule has 2 heterocycles. The summed E-state index contributed by atoms with van der Waals surface area (Å²) in [4.78, 5) is 31.4. The third kappa shape index (κ3) is 3.01. The van der Waals surface area contributed by atoms with Crippen molar-refractivity contribution in [3.8, 4) is 0 Å². The number of hydrogen-bond acceptors (Lipinski definition) is 3. The molecule has 146 valence electrons. The Bertz CT molecular complexity index is 1180. The number of para-hydroxylation sites is 1. The zero-order valence-corrected chi connectivity index (χ0v) is 16.0. The number of H-pyrrole nitrogens is 1. The van der Waals surface area contributed by atoms with Crippen molar-refractivity contribution in [2.24, 2.45) is 0 Å². The van der Waals surface area contributed by atoms with Crippen molar-refractivity contribution in [3.63, 3.8) is 0 Å². The molecule has 1 aromatic heterocycles. The average Bonchev–Trinajstić information content (AvgIpc) is 3.55. The summed E-state index contributed by atoms with van der Waals surface area (Å²) in [6, 6.07) is 15.4. The summed E-state index contributed by atoms with van der Waals surface area (Å²) in [7, 11) is 0. The summed E-state index contributed by atoms with van der Waals surface area (Å²) in [5, 5.41) is 0. The van der Waals surface area contributed by atoms with Gasteiger partial charge in [0, 0.05) is 17.4 Å². The molecule has 3 aromatic rings. The van der Waals surface area contributed by atoms with Gasteiger partial charge in [0.2, 0.25) is 5.56 Å². The summed E-state index contributed by atoms with van der Waals surface area (Å²) < 4.78 is 14.0. The topological polar surface area (TPSA) is 56.4 Å². The van der Waals surface area contributed by atoms with Crippen LogP contribution in [0.3, 0.4) is 0 Å². The SMILES string of the molecule is Cc1[nH]c(=O)ccc1N1CN(c2ccc(F)cc2C2CC2)c2ccccc2C1=O. The van der Waals surface area contributed by atoms with Crippen LogP contribution in [0.4, 0.5) is 21.5 Å². The van der Waals surface area contributed by atoms with Crippen molar-refractivity contribution in [1.82, 2.24) is 4.98 Å². The average molecular weight is 389 g/mol. The number of carbonyl (C=O) groups is 1. The molecule has 2 aliphatic rings. The highest BCUT2D eigenvalue weighted by atomic mass is 19.1. The predicted molar refractivity (Wildman–Crippen MR) is 110 cm³/mol. The first kappa shape index (κ1) is 17.7. The van der Waals surface area contributed by atoms with Gasteiger partial charge in [-0.2, -0.15) is 0 Å². The first-order valence-corrected chi connectivity index (χ1v) is 9.71. The number of rotatable bonds is 3. The second-order valence-corrected chi connectivity index (χ2v) is 7.63. The lowest BCUT2D eigenvalue weighted by molar-refractivity contribution is 0.0983. The maximum absolute atomic E-state index is 14.0. The Morgan fingerprint density at radius 3 is 2.45 bits per heavy atom. The van der Waals surface area contributed by atoms with Gasteiger partial charge in [0.05, 0.1) is 16.9 Å². The van der Waals surface area contributed by atoms with Gasteiger partial charge in [0.1, 0.15) is 12.5 Å². The number of nitrogens with zero attached hydrogens (tertiary/aromatic N) is 2. The van der Waals surface area contributed by atoms with Crippen molar-refractivity contribution in [2.75, 3.05) is 16.5 Å². The number of amides is 1. The summed E-state index contributed by atoms with van der Waals surface area (Å²) in [5.41, 5.74) is 4.37. The Morgan fingerprint density at radius 2 is 1.69 bits per heavy atom. The van der Waals surface area contributed by atoms with Crippen LogP contribution in [0.2, 0.25) is 0 Å². The molecule has 1 fully saturated rings. The van der Waals surface area contributed by atoms with E-state index in [1.165, 1.54) is 12.1 Å². The fourth-order valence-electron chi connectivity index (χ4n) is 4.06. The van der Waals surface area contributed by atoms with Crippen LogP contribution in [-0.2, 0) is 0 Å². The fourth-order valence-corrected chi connectivity index (χ4v) is 4.06. The Hall–Kier alpha value is -3.41. The number of anilines is 3. The molecule has 1 saturated carbocycles. The second kappa shape index (κ2) is 6.58. The molecule has 6 heteroatoms. The van der Waals surface area contributed by atoms with Crippen molar-refractivity contribution < 1.29 is 9.18 Å². The quantitative estimate of drug-likeness (QED) is 0.720. The minimum atomic E-state index is -0.245. The summed E-state index contributed by atoms with van der Waals surface area (Å²) >= 11 is 0. The van der Waals surface area contributed by atoms with Crippen molar-refractivity contribution in [2.45, 2.75) is 25.7 Å². The van der Waals surface area contributed by atoms with Crippen molar-refractivity contribution in [3.05, 3.63) is 87.6 Å². The van der Waals surface area contributed by atoms with E-state index in [0.717, 1.165) is 29.8 Å². The monoisotopic (exact) mass is 389 g/mol. The van der Waals surface area contributed by atoms with Crippen LogP contribution in [0, 0.1) is 12.7 Å². The van der Waals surface area contributed by atoms with Gasteiger partial charge in [-0.15, -0.1) is 0 Å². The lowest BCUT2D eigenvalue weighted by Crippen LogP contribution is -2.45. The molecule has 0 spiro atoms. The van der Waals surface area contributed by atoms with E-state index in [0.29, 0.717) is 22.9 Å². The van der Waals surface area contributed by atoms with E-state index in [9.17, 15) is 14.0 Å². The maximum Gasteiger partial charge on any atom is 0.261 e. The number of pyridine rings is 1. The minimum Gasteiger partial charge on any atom is -0.324 e. The number of fused-ring (bicyclic) bond motifs is 1. The lowest BCUT2D eigenvalue weighted by atomic mass is 10.0. The van der Waals surface area contributed by atoms with Crippen LogP contribution in [0.25, 0.3) is 0 Å². The maximum atomic E-state index is 14.0. The predicted octanol–water partition coefficient (Wildman–Crippen LogP) is 4.46. The zero-order valence-electron chi connectivity index (χ0n) is 16.0.